The third-order valence-corrected chi connectivity index (χ3v) is 6.53. The van der Waals surface area contributed by atoms with Crippen molar-refractivity contribution in [2.24, 2.45) is 0 Å². The summed E-state index contributed by atoms with van der Waals surface area (Å²) in [5, 5.41) is 12.4. The molecule has 7 nitrogen and oxygen atoms in total. The van der Waals surface area contributed by atoms with Crippen molar-refractivity contribution in [1.82, 2.24) is 0 Å². The minimum atomic E-state index is -0.935. The fraction of sp³-hybridized carbons (Fsp3) is 0.143. The number of methoxy groups -OCH3 is 1. The van der Waals surface area contributed by atoms with Gasteiger partial charge in [-0.1, -0.05) is 35.3 Å². The zero-order valence-corrected chi connectivity index (χ0v) is 21.3. The number of aliphatic hydroxyl groups excluding tert-OH is 1. The molecule has 5 rings (SSSR count). The number of Topliss-reactive ketones (excluding diaryl/α,β-unsaturated/α-hetero) is 1. The van der Waals surface area contributed by atoms with E-state index in [1.165, 1.54) is 18.1 Å². The van der Waals surface area contributed by atoms with Gasteiger partial charge in [-0.05, 0) is 61.0 Å². The molecule has 0 aliphatic carbocycles. The lowest BCUT2D eigenvalue weighted by molar-refractivity contribution is -0.117. The molecule has 1 aliphatic heterocycles. The molecular weight excluding hydrogens is 517 g/mol. The van der Waals surface area contributed by atoms with E-state index in [2.05, 4.69) is 0 Å². The highest BCUT2D eigenvalue weighted by Gasteiger charge is 2.45. The molecule has 0 saturated carbocycles. The summed E-state index contributed by atoms with van der Waals surface area (Å²) in [5.74, 6) is -1.11. The van der Waals surface area contributed by atoms with Gasteiger partial charge in [0.1, 0.15) is 5.75 Å². The molecule has 37 heavy (non-hydrogen) atoms. The predicted molar refractivity (Wildman–Crippen MR) is 141 cm³/mol. The molecule has 0 bridgehead atoms. The summed E-state index contributed by atoms with van der Waals surface area (Å²) < 4.78 is 16.7. The molecule has 1 N–H and O–H groups in total. The number of hydrogen-bond donors (Lipinski definition) is 1. The van der Waals surface area contributed by atoms with Gasteiger partial charge in [0.05, 0.1) is 25.3 Å². The molecule has 0 saturated heterocycles. The zero-order valence-electron chi connectivity index (χ0n) is 19.8. The van der Waals surface area contributed by atoms with Gasteiger partial charge in [-0.2, -0.15) is 0 Å². The van der Waals surface area contributed by atoms with Gasteiger partial charge in [-0.3, -0.25) is 14.5 Å². The van der Waals surface area contributed by atoms with E-state index in [0.717, 1.165) is 0 Å². The van der Waals surface area contributed by atoms with Crippen LogP contribution in [0.2, 0.25) is 10.0 Å². The second-order valence-corrected chi connectivity index (χ2v) is 9.16. The fourth-order valence-corrected chi connectivity index (χ4v) is 4.76. The number of furan rings is 1. The molecule has 9 heteroatoms. The lowest BCUT2D eigenvalue weighted by Crippen LogP contribution is -2.31. The first-order valence-corrected chi connectivity index (χ1v) is 12.1. The molecule has 3 aromatic carbocycles. The number of carbonyl (C=O) groups excluding carboxylic acids is 2. The van der Waals surface area contributed by atoms with Crippen molar-refractivity contribution in [2.45, 2.75) is 13.0 Å². The van der Waals surface area contributed by atoms with Gasteiger partial charge in [-0.25, -0.2) is 0 Å². The third kappa shape index (κ3) is 4.41. The van der Waals surface area contributed by atoms with Crippen LogP contribution in [0, 0.1) is 0 Å². The molecule has 1 unspecified atom stereocenters. The standard InChI is InChI=1S/C28H21Cl2NO6/c1-3-36-20-10-4-15(5-11-20)24-23(26(33)28(34)31(24)19-8-6-17(29)7-9-19)25(32)21-13-16-12-18(30)14-22(35-2)27(16)37-21/h4-14,24,33H,3H2,1-2H3. The minimum Gasteiger partial charge on any atom is -0.503 e. The van der Waals surface area contributed by atoms with Gasteiger partial charge in [0, 0.05) is 27.2 Å². The van der Waals surface area contributed by atoms with Crippen LogP contribution < -0.4 is 14.4 Å². The summed E-state index contributed by atoms with van der Waals surface area (Å²) in [6.45, 7) is 2.36. The highest BCUT2D eigenvalue weighted by atomic mass is 35.5. The van der Waals surface area contributed by atoms with E-state index in [-0.39, 0.29) is 11.3 Å². The van der Waals surface area contributed by atoms with Gasteiger partial charge in [0.25, 0.3) is 5.91 Å². The number of rotatable bonds is 7. The predicted octanol–water partition coefficient (Wildman–Crippen LogP) is 6.93. The van der Waals surface area contributed by atoms with Gasteiger partial charge < -0.3 is 19.0 Å². The van der Waals surface area contributed by atoms with Crippen molar-refractivity contribution < 1.29 is 28.6 Å². The second-order valence-electron chi connectivity index (χ2n) is 8.28. The Hall–Kier alpha value is -3.94. The molecule has 2 heterocycles. The summed E-state index contributed by atoms with van der Waals surface area (Å²) in [4.78, 5) is 28.5. The first-order chi connectivity index (χ1) is 17.8. The van der Waals surface area contributed by atoms with Crippen LogP contribution in [0.1, 0.15) is 29.1 Å². The van der Waals surface area contributed by atoms with Gasteiger partial charge in [0.2, 0.25) is 5.78 Å². The number of nitrogens with zero attached hydrogens (tertiary/aromatic N) is 1. The third-order valence-electron chi connectivity index (χ3n) is 6.06. The highest BCUT2D eigenvalue weighted by molar-refractivity contribution is 6.31. The molecule has 0 fully saturated rings. The summed E-state index contributed by atoms with van der Waals surface area (Å²) in [7, 11) is 1.46. The Morgan fingerprint density at radius 1 is 1.03 bits per heavy atom. The first-order valence-electron chi connectivity index (χ1n) is 11.4. The maximum absolute atomic E-state index is 13.8. The van der Waals surface area contributed by atoms with Crippen molar-refractivity contribution in [2.75, 3.05) is 18.6 Å². The van der Waals surface area contributed by atoms with E-state index in [4.69, 9.17) is 37.1 Å². The molecule has 0 spiro atoms. The van der Waals surface area contributed by atoms with Crippen LogP contribution >= 0.6 is 23.2 Å². The SMILES string of the molecule is CCOc1ccc(C2C(C(=O)c3cc4cc(Cl)cc(OC)c4o3)=C(O)C(=O)N2c2ccc(Cl)cc2)cc1. The number of anilines is 1. The van der Waals surface area contributed by atoms with Crippen LogP contribution in [0.5, 0.6) is 11.5 Å². The van der Waals surface area contributed by atoms with Crippen molar-refractivity contribution in [3.05, 3.63) is 99.4 Å². The Morgan fingerprint density at radius 3 is 2.38 bits per heavy atom. The van der Waals surface area contributed by atoms with Gasteiger partial charge in [0.15, 0.2) is 22.9 Å². The number of aliphatic hydroxyl groups is 1. The maximum Gasteiger partial charge on any atom is 0.294 e. The maximum atomic E-state index is 13.8. The first kappa shape index (κ1) is 24.7. The lowest BCUT2D eigenvalue weighted by atomic mass is 9.94. The lowest BCUT2D eigenvalue weighted by Gasteiger charge is -2.27. The highest BCUT2D eigenvalue weighted by Crippen LogP contribution is 2.43. The summed E-state index contributed by atoms with van der Waals surface area (Å²) >= 11 is 12.2. The average Bonchev–Trinajstić information content (AvgIpc) is 3.43. The van der Waals surface area contributed by atoms with Crippen molar-refractivity contribution in [3.8, 4) is 11.5 Å². The molecule has 1 amide bonds. The Balaban J connectivity index is 1.64. The summed E-state index contributed by atoms with van der Waals surface area (Å²) in [5.41, 5.74) is 1.26. The number of ketones is 1. The number of fused-ring (bicyclic) bond motifs is 1. The number of hydrogen-bond acceptors (Lipinski definition) is 6. The molecule has 4 aromatic rings. The molecule has 1 atom stereocenters. The molecule has 1 aliphatic rings. The normalized spacial score (nSPS) is 15.5. The van der Waals surface area contributed by atoms with E-state index in [9.17, 15) is 14.7 Å². The van der Waals surface area contributed by atoms with Gasteiger partial charge in [-0.15, -0.1) is 0 Å². The Kier molecular flexibility index (Phi) is 6.58. The quantitative estimate of drug-likeness (QED) is 0.257. The second kappa shape index (κ2) is 9.84. The molecule has 1 aromatic heterocycles. The fourth-order valence-electron chi connectivity index (χ4n) is 4.42. The van der Waals surface area contributed by atoms with Crippen molar-refractivity contribution >= 4 is 51.5 Å². The van der Waals surface area contributed by atoms with Crippen molar-refractivity contribution in [1.29, 1.82) is 0 Å². The largest absolute Gasteiger partial charge is 0.503 e. The molecule has 0 radical (unpaired) electrons. The number of carbonyl (C=O) groups is 2. The van der Waals surface area contributed by atoms with Crippen LogP contribution in [0.3, 0.4) is 0 Å². The monoisotopic (exact) mass is 537 g/mol. The van der Waals surface area contributed by atoms with Crippen molar-refractivity contribution in [3.63, 3.8) is 0 Å². The van der Waals surface area contributed by atoms with E-state index >= 15 is 0 Å². The Bertz CT molecular complexity index is 1540. The molecular formula is C28H21Cl2NO6. The van der Waals surface area contributed by atoms with E-state index in [1.807, 2.05) is 6.92 Å². The van der Waals surface area contributed by atoms with E-state index in [0.29, 0.717) is 50.4 Å². The van der Waals surface area contributed by atoms with Crippen LogP contribution in [0.4, 0.5) is 5.69 Å². The number of amides is 1. The average molecular weight is 538 g/mol. The zero-order chi connectivity index (χ0) is 26.3. The topological polar surface area (TPSA) is 89.2 Å². The van der Waals surface area contributed by atoms with Crippen LogP contribution in [-0.2, 0) is 4.79 Å². The van der Waals surface area contributed by atoms with E-state index < -0.39 is 23.5 Å². The van der Waals surface area contributed by atoms with Crippen LogP contribution in [0.25, 0.3) is 11.0 Å². The minimum absolute atomic E-state index is 0.0705. The van der Waals surface area contributed by atoms with Gasteiger partial charge >= 0.3 is 0 Å². The Morgan fingerprint density at radius 2 is 1.73 bits per heavy atom. The number of halogens is 2. The number of benzene rings is 3. The van der Waals surface area contributed by atoms with Crippen LogP contribution in [0.15, 0.2) is 82.5 Å². The van der Waals surface area contributed by atoms with Crippen LogP contribution in [-0.4, -0.2) is 30.5 Å². The summed E-state index contributed by atoms with van der Waals surface area (Å²) in [6, 6.07) is 17.3. The smallest absolute Gasteiger partial charge is 0.294 e. The Labute approximate surface area is 222 Å². The molecule has 188 valence electrons. The van der Waals surface area contributed by atoms with E-state index in [1.54, 1.807) is 60.7 Å². The summed E-state index contributed by atoms with van der Waals surface area (Å²) in [6.07, 6.45) is 0. The number of ether oxygens (including phenoxy) is 2.